The quantitative estimate of drug-likeness (QED) is 0.945. The smallest absolute Gasteiger partial charge is 0.321 e. The molecule has 0 radical (unpaired) electrons. The third-order valence-corrected chi connectivity index (χ3v) is 3.02. The van der Waals surface area contributed by atoms with Gasteiger partial charge in [0, 0.05) is 18.8 Å². The Labute approximate surface area is 119 Å². The van der Waals surface area contributed by atoms with Crippen LogP contribution in [-0.2, 0) is 19.6 Å². The summed E-state index contributed by atoms with van der Waals surface area (Å²) >= 11 is 0. The fourth-order valence-electron chi connectivity index (χ4n) is 1.86. The zero-order valence-electron chi connectivity index (χ0n) is 11.5. The lowest BCUT2D eigenvalue weighted by Crippen LogP contribution is -2.13. The van der Waals surface area contributed by atoms with Crippen LogP contribution in [0.3, 0.4) is 0 Å². The average molecular weight is 297 g/mol. The van der Waals surface area contributed by atoms with E-state index in [0.717, 1.165) is 25.1 Å². The van der Waals surface area contributed by atoms with Gasteiger partial charge in [-0.3, -0.25) is 9.48 Å². The van der Waals surface area contributed by atoms with Gasteiger partial charge >= 0.3 is 6.18 Å². The van der Waals surface area contributed by atoms with Gasteiger partial charge in [-0.15, -0.1) is 0 Å². The predicted octanol–water partition coefficient (Wildman–Crippen LogP) is 3.25. The van der Waals surface area contributed by atoms with Crippen molar-refractivity contribution in [2.24, 2.45) is 7.05 Å². The van der Waals surface area contributed by atoms with Crippen LogP contribution >= 0.6 is 0 Å². The Morgan fingerprint density at radius 2 is 1.90 bits per heavy atom. The highest BCUT2D eigenvalue weighted by Gasteiger charge is 2.35. The van der Waals surface area contributed by atoms with Crippen LogP contribution in [0.25, 0.3) is 0 Å². The van der Waals surface area contributed by atoms with E-state index in [1.54, 1.807) is 12.1 Å². The summed E-state index contributed by atoms with van der Waals surface area (Å²) in [5, 5.41) is 6.11. The highest BCUT2D eigenvalue weighted by molar-refractivity contribution is 6.02. The van der Waals surface area contributed by atoms with Gasteiger partial charge in [-0.1, -0.05) is 19.1 Å². The fourth-order valence-corrected chi connectivity index (χ4v) is 1.86. The third kappa shape index (κ3) is 3.42. The van der Waals surface area contributed by atoms with Gasteiger partial charge in [0.2, 0.25) is 0 Å². The number of nitrogens with one attached hydrogen (secondary N) is 1. The molecule has 0 saturated heterocycles. The largest absolute Gasteiger partial charge is 0.433 e. The number of benzene rings is 1. The minimum Gasteiger partial charge on any atom is -0.321 e. The van der Waals surface area contributed by atoms with E-state index in [1.165, 1.54) is 0 Å². The molecule has 0 aliphatic heterocycles. The molecule has 0 saturated carbocycles. The summed E-state index contributed by atoms with van der Waals surface area (Å²) in [7, 11) is 1.15. The second kappa shape index (κ2) is 5.59. The van der Waals surface area contributed by atoms with E-state index in [2.05, 4.69) is 10.4 Å². The van der Waals surface area contributed by atoms with Gasteiger partial charge < -0.3 is 5.32 Å². The molecule has 0 fully saturated rings. The number of rotatable bonds is 3. The van der Waals surface area contributed by atoms with Crippen LogP contribution in [-0.4, -0.2) is 15.7 Å². The average Bonchev–Trinajstić information content (AvgIpc) is 2.82. The van der Waals surface area contributed by atoms with Crippen molar-refractivity contribution < 1.29 is 18.0 Å². The first-order chi connectivity index (χ1) is 9.81. The van der Waals surface area contributed by atoms with Crippen molar-refractivity contribution in [3.8, 4) is 0 Å². The molecule has 1 aromatic heterocycles. The van der Waals surface area contributed by atoms with Crippen molar-refractivity contribution in [1.82, 2.24) is 9.78 Å². The number of hydrogen-bond donors (Lipinski definition) is 1. The molecule has 21 heavy (non-hydrogen) atoms. The highest BCUT2D eigenvalue weighted by Crippen LogP contribution is 2.29. The lowest BCUT2D eigenvalue weighted by molar-refractivity contribution is -0.143. The molecule has 1 aromatic carbocycles. The molecule has 0 bridgehead atoms. The summed E-state index contributed by atoms with van der Waals surface area (Å²) in [4.78, 5) is 11.9. The second-order valence-electron chi connectivity index (χ2n) is 4.54. The monoisotopic (exact) mass is 297 g/mol. The molecule has 1 N–H and O–H groups in total. The number of halogens is 3. The molecule has 4 nitrogen and oxygen atoms in total. The molecule has 2 rings (SSSR count). The van der Waals surface area contributed by atoms with Crippen LogP contribution in [0, 0.1) is 0 Å². The Kier molecular flexibility index (Phi) is 4.02. The summed E-state index contributed by atoms with van der Waals surface area (Å²) in [6.07, 6.45) is -3.67. The Balaban J connectivity index is 2.16. The molecule has 1 amide bonds. The Hall–Kier alpha value is -2.31. The SMILES string of the molecule is CCc1ccc(NC(=O)c2cc(C(F)(F)F)n(C)n2)cc1. The summed E-state index contributed by atoms with van der Waals surface area (Å²) in [6.45, 7) is 2.00. The Morgan fingerprint density at radius 3 is 2.38 bits per heavy atom. The number of carbonyl (C=O) groups excluding carboxylic acids is 1. The molecule has 0 unspecified atom stereocenters. The Morgan fingerprint density at radius 1 is 1.29 bits per heavy atom. The zero-order chi connectivity index (χ0) is 15.6. The minimum absolute atomic E-state index is 0.274. The zero-order valence-corrected chi connectivity index (χ0v) is 11.5. The number of anilines is 1. The maximum Gasteiger partial charge on any atom is 0.433 e. The number of alkyl halides is 3. The first-order valence-corrected chi connectivity index (χ1v) is 6.32. The first-order valence-electron chi connectivity index (χ1n) is 6.32. The molecule has 2 aromatic rings. The number of nitrogens with zero attached hydrogens (tertiary/aromatic N) is 2. The summed E-state index contributed by atoms with van der Waals surface area (Å²) in [6, 6.07) is 7.81. The van der Waals surface area contributed by atoms with E-state index in [4.69, 9.17) is 0 Å². The van der Waals surface area contributed by atoms with Gasteiger partial charge in [0.05, 0.1) is 0 Å². The van der Waals surface area contributed by atoms with Gasteiger partial charge in [-0.05, 0) is 24.1 Å². The number of hydrogen-bond acceptors (Lipinski definition) is 2. The number of aryl methyl sites for hydroxylation is 2. The maximum absolute atomic E-state index is 12.6. The van der Waals surface area contributed by atoms with Crippen molar-refractivity contribution in [2.45, 2.75) is 19.5 Å². The summed E-state index contributed by atoms with van der Waals surface area (Å²) in [5.41, 5.74) is 0.375. The van der Waals surface area contributed by atoms with E-state index in [9.17, 15) is 18.0 Å². The molecule has 0 aliphatic carbocycles. The summed E-state index contributed by atoms with van der Waals surface area (Å²) < 4.78 is 38.6. The highest BCUT2D eigenvalue weighted by atomic mass is 19.4. The summed E-state index contributed by atoms with van der Waals surface area (Å²) in [5.74, 6) is -0.676. The number of carbonyl (C=O) groups is 1. The molecular formula is C14H14F3N3O. The standard InChI is InChI=1S/C14H14F3N3O/c1-3-9-4-6-10(7-5-9)18-13(21)11-8-12(14(15,16)17)20(2)19-11/h4-8H,3H2,1-2H3,(H,18,21). The van der Waals surface area contributed by atoms with E-state index >= 15 is 0 Å². The van der Waals surface area contributed by atoms with Crippen molar-refractivity contribution in [3.63, 3.8) is 0 Å². The van der Waals surface area contributed by atoms with Gasteiger partial charge in [-0.25, -0.2) is 0 Å². The molecular weight excluding hydrogens is 283 g/mol. The fraction of sp³-hybridized carbons (Fsp3) is 0.286. The van der Waals surface area contributed by atoms with Crippen molar-refractivity contribution >= 4 is 11.6 Å². The van der Waals surface area contributed by atoms with Crippen LogP contribution in [0.15, 0.2) is 30.3 Å². The van der Waals surface area contributed by atoms with Gasteiger partial charge in [0.1, 0.15) is 5.69 Å². The van der Waals surface area contributed by atoms with Crippen LogP contribution in [0.1, 0.15) is 28.7 Å². The van der Waals surface area contributed by atoms with Crippen molar-refractivity contribution in [3.05, 3.63) is 47.3 Å². The second-order valence-corrected chi connectivity index (χ2v) is 4.54. The molecule has 0 aliphatic rings. The topological polar surface area (TPSA) is 46.9 Å². The van der Waals surface area contributed by atoms with Gasteiger partial charge in [0.25, 0.3) is 5.91 Å². The number of amides is 1. The van der Waals surface area contributed by atoms with Crippen LogP contribution in [0.5, 0.6) is 0 Å². The van der Waals surface area contributed by atoms with E-state index < -0.39 is 17.8 Å². The molecule has 112 valence electrons. The molecule has 1 heterocycles. The normalized spacial score (nSPS) is 11.5. The molecule has 0 atom stereocenters. The third-order valence-electron chi connectivity index (χ3n) is 3.02. The lowest BCUT2D eigenvalue weighted by atomic mass is 10.1. The van der Waals surface area contributed by atoms with Crippen molar-refractivity contribution in [2.75, 3.05) is 5.32 Å². The van der Waals surface area contributed by atoms with E-state index in [0.29, 0.717) is 10.4 Å². The minimum atomic E-state index is -4.54. The van der Waals surface area contributed by atoms with Crippen molar-refractivity contribution in [1.29, 1.82) is 0 Å². The van der Waals surface area contributed by atoms with Gasteiger partial charge in [0.15, 0.2) is 5.69 Å². The van der Waals surface area contributed by atoms with Crippen LogP contribution in [0.2, 0.25) is 0 Å². The van der Waals surface area contributed by atoms with Crippen LogP contribution < -0.4 is 5.32 Å². The maximum atomic E-state index is 12.6. The number of aromatic nitrogens is 2. The Bertz CT molecular complexity index is 644. The van der Waals surface area contributed by atoms with E-state index in [1.807, 2.05) is 19.1 Å². The lowest BCUT2D eigenvalue weighted by Gasteiger charge is -2.04. The van der Waals surface area contributed by atoms with Crippen LogP contribution in [0.4, 0.5) is 18.9 Å². The first kappa shape index (κ1) is 15.1. The predicted molar refractivity (Wildman–Crippen MR) is 72.0 cm³/mol. The molecule has 7 heteroatoms. The van der Waals surface area contributed by atoms with Gasteiger partial charge in [-0.2, -0.15) is 18.3 Å². The molecule has 0 spiro atoms. The van der Waals surface area contributed by atoms with E-state index in [-0.39, 0.29) is 5.69 Å².